The topological polar surface area (TPSA) is 48.2 Å². The van der Waals surface area contributed by atoms with Gasteiger partial charge in [0.2, 0.25) is 5.88 Å². The molecule has 0 N–H and O–H groups in total. The average molecular weight is 254 g/mol. The minimum Gasteiger partial charge on any atom is -0.473 e. The zero-order valence-corrected chi connectivity index (χ0v) is 10.9. The maximum absolute atomic E-state index is 5.79. The molecule has 0 aliphatic heterocycles. The molecule has 4 nitrogen and oxygen atoms in total. The summed E-state index contributed by atoms with van der Waals surface area (Å²) in [7, 11) is 0. The second kappa shape index (κ2) is 4.72. The molecule has 2 heterocycles. The summed E-state index contributed by atoms with van der Waals surface area (Å²) in [6.07, 6.45) is 1.44. The highest BCUT2D eigenvalue weighted by Gasteiger charge is 2.13. The quantitative estimate of drug-likeness (QED) is 0.718. The maximum Gasteiger partial charge on any atom is 0.219 e. The Labute approximate surface area is 111 Å². The van der Waals surface area contributed by atoms with Crippen molar-refractivity contribution in [2.75, 3.05) is 0 Å². The van der Waals surface area contributed by atoms with Crippen molar-refractivity contribution < 1.29 is 9.15 Å². The van der Waals surface area contributed by atoms with E-state index in [1.807, 2.05) is 44.2 Å². The fraction of sp³-hybridized carbons (Fsp3) is 0.200. The van der Waals surface area contributed by atoms with Gasteiger partial charge in [-0.1, -0.05) is 30.3 Å². The maximum atomic E-state index is 5.79. The van der Waals surface area contributed by atoms with E-state index in [4.69, 9.17) is 9.15 Å². The molecule has 2 aromatic heterocycles. The largest absolute Gasteiger partial charge is 0.473 e. The molecule has 0 bridgehead atoms. The van der Waals surface area contributed by atoms with E-state index < -0.39 is 0 Å². The van der Waals surface area contributed by atoms with E-state index in [0.29, 0.717) is 12.5 Å². The molecule has 0 amide bonds. The Kier molecular flexibility index (Phi) is 2.91. The number of fused-ring (bicyclic) bond motifs is 1. The van der Waals surface area contributed by atoms with Gasteiger partial charge in [-0.05, 0) is 19.4 Å². The van der Waals surface area contributed by atoms with Gasteiger partial charge in [0.1, 0.15) is 12.1 Å². The van der Waals surface area contributed by atoms with E-state index in [1.165, 1.54) is 6.39 Å². The van der Waals surface area contributed by atoms with Gasteiger partial charge in [-0.25, -0.2) is 9.97 Å². The highest BCUT2D eigenvalue weighted by molar-refractivity contribution is 5.79. The van der Waals surface area contributed by atoms with Gasteiger partial charge in [0.25, 0.3) is 0 Å². The first kappa shape index (κ1) is 11.7. The molecule has 3 rings (SSSR count). The standard InChI is InChI=1S/C15H14N2O2/c1-10-13-14(19-9-16-13)11(2)17-15(10)18-8-12-6-4-3-5-7-12/h3-7,9H,8H2,1-2H3. The highest BCUT2D eigenvalue weighted by atomic mass is 16.5. The molecule has 0 aliphatic rings. The molecule has 19 heavy (non-hydrogen) atoms. The lowest BCUT2D eigenvalue weighted by atomic mass is 10.2. The lowest BCUT2D eigenvalue weighted by molar-refractivity contribution is 0.291. The van der Waals surface area contributed by atoms with Gasteiger partial charge in [-0.2, -0.15) is 0 Å². The molecule has 0 atom stereocenters. The van der Waals surface area contributed by atoms with Crippen LogP contribution in [0.2, 0.25) is 0 Å². The van der Waals surface area contributed by atoms with Crippen LogP contribution < -0.4 is 4.74 Å². The molecule has 0 fully saturated rings. The number of oxazole rings is 1. The van der Waals surface area contributed by atoms with Crippen LogP contribution in [0.5, 0.6) is 5.88 Å². The summed E-state index contributed by atoms with van der Waals surface area (Å²) in [6, 6.07) is 10.0. The summed E-state index contributed by atoms with van der Waals surface area (Å²) in [4.78, 5) is 8.64. The summed E-state index contributed by atoms with van der Waals surface area (Å²) in [5.41, 5.74) is 4.35. The Morgan fingerprint density at radius 2 is 1.95 bits per heavy atom. The summed E-state index contributed by atoms with van der Waals surface area (Å²) in [6.45, 7) is 4.33. The van der Waals surface area contributed by atoms with Gasteiger partial charge in [0, 0.05) is 5.56 Å². The predicted molar refractivity (Wildman–Crippen MR) is 72.1 cm³/mol. The number of hydrogen-bond acceptors (Lipinski definition) is 4. The van der Waals surface area contributed by atoms with Crippen LogP contribution >= 0.6 is 0 Å². The third-order valence-electron chi connectivity index (χ3n) is 3.06. The Bertz CT molecular complexity index is 705. The Balaban J connectivity index is 1.91. The van der Waals surface area contributed by atoms with Crippen LogP contribution in [0.4, 0.5) is 0 Å². The van der Waals surface area contributed by atoms with Gasteiger partial charge < -0.3 is 9.15 Å². The summed E-state index contributed by atoms with van der Waals surface area (Å²) in [5, 5.41) is 0. The first-order valence-electron chi connectivity index (χ1n) is 6.13. The molecule has 3 aromatic rings. The van der Waals surface area contributed by atoms with Crippen LogP contribution in [0.15, 0.2) is 41.1 Å². The van der Waals surface area contributed by atoms with Crippen LogP contribution in [0.3, 0.4) is 0 Å². The highest BCUT2D eigenvalue weighted by Crippen LogP contribution is 2.26. The number of rotatable bonds is 3. The molecule has 0 saturated carbocycles. The molecular formula is C15H14N2O2. The van der Waals surface area contributed by atoms with Crippen molar-refractivity contribution in [3.63, 3.8) is 0 Å². The molecule has 0 radical (unpaired) electrons. The predicted octanol–water partition coefficient (Wildman–Crippen LogP) is 3.42. The second-order valence-corrected chi connectivity index (χ2v) is 4.43. The Hall–Kier alpha value is -2.36. The van der Waals surface area contributed by atoms with Crippen LogP contribution in [-0.4, -0.2) is 9.97 Å². The van der Waals surface area contributed by atoms with Gasteiger partial charge in [-0.15, -0.1) is 0 Å². The molecule has 4 heteroatoms. The minimum absolute atomic E-state index is 0.497. The fourth-order valence-electron chi connectivity index (χ4n) is 2.02. The first-order chi connectivity index (χ1) is 9.25. The zero-order chi connectivity index (χ0) is 13.2. The van der Waals surface area contributed by atoms with E-state index in [0.717, 1.165) is 27.9 Å². The summed E-state index contributed by atoms with van der Waals surface area (Å²) >= 11 is 0. The molecule has 96 valence electrons. The third-order valence-corrected chi connectivity index (χ3v) is 3.06. The van der Waals surface area contributed by atoms with E-state index in [-0.39, 0.29) is 0 Å². The molecular weight excluding hydrogens is 240 g/mol. The van der Waals surface area contributed by atoms with E-state index in [9.17, 15) is 0 Å². The van der Waals surface area contributed by atoms with Crippen LogP contribution in [-0.2, 0) is 6.61 Å². The fourth-order valence-corrected chi connectivity index (χ4v) is 2.02. The van der Waals surface area contributed by atoms with Crippen molar-refractivity contribution in [3.05, 3.63) is 53.5 Å². The summed E-state index contributed by atoms with van der Waals surface area (Å²) < 4.78 is 11.1. The van der Waals surface area contributed by atoms with E-state index in [2.05, 4.69) is 9.97 Å². The van der Waals surface area contributed by atoms with Crippen LogP contribution in [0, 0.1) is 13.8 Å². The Morgan fingerprint density at radius 1 is 1.16 bits per heavy atom. The zero-order valence-electron chi connectivity index (χ0n) is 10.9. The number of nitrogens with zero attached hydrogens (tertiary/aromatic N) is 2. The number of aromatic nitrogens is 2. The monoisotopic (exact) mass is 254 g/mol. The lowest BCUT2D eigenvalue weighted by Gasteiger charge is -2.09. The molecule has 0 aliphatic carbocycles. The second-order valence-electron chi connectivity index (χ2n) is 4.43. The number of aryl methyl sites for hydroxylation is 2. The third kappa shape index (κ3) is 2.17. The van der Waals surface area contributed by atoms with Gasteiger partial charge in [0.05, 0.1) is 5.69 Å². The Morgan fingerprint density at radius 3 is 2.74 bits per heavy atom. The van der Waals surface area contributed by atoms with Crippen molar-refractivity contribution in [2.45, 2.75) is 20.5 Å². The average Bonchev–Trinajstić information content (AvgIpc) is 2.92. The molecule has 1 aromatic carbocycles. The summed E-state index contributed by atoms with van der Waals surface area (Å²) in [5.74, 6) is 0.614. The number of pyridine rings is 1. The lowest BCUT2D eigenvalue weighted by Crippen LogP contribution is -2.00. The number of ether oxygens (including phenoxy) is 1. The smallest absolute Gasteiger partial charge is 0.219 e. The van der Waals surface area contributed by atoms with Crippen molar-refractivity contribution in [3.8, 4) is 5.88 Å². The van der Waals surface area contributed by atoms with Crippen molar-refractivity contribution in [1.29, 1.82) is 0 Å². The van der Waals surface area contributed by atoms with Gasteiger partial charge in [-0.3, -0.25) is 0 Å². The minimum atomic E-state index is 0.497. The van der Waals surface area contributed by atoms with Crippen molar-refractivity contribution in [2.24, 2.45) is 0 Å². The van der Waals surface area contributed by atoms with E-state index in [1.54, 1.807) is 0 Å². The number of hydrogen-bond donors (Lipinski definition) is 0. The SMILES string of the molecule is Cc1c(OCc2ccccc2)nc(C)c2ocnc12. The normalized spacial score (nSPS) is 10.8. The van der Waals surface area contributed by atoms with Gasteiger partial charge in [0.15, 0.2) is 12.0 Å². The van der Waals surface area contributed by atoms with Gasteiger partial charge >= 0.3 is 0 Å². The number of benzene rings is 1. The molecule has 0 spiro atoms. The van der Waals surface area contributed by atoms with E-state index >= 15 is 0 Å². The molecule has 0 unspecified atom stereocenters. The van der Waals surface area contributed by atoms with Crippen LogP contribution in [0.1, 0.15) is 16.8 Å². The molecule has 0 saturated heterocycles. The van der Waals surface area contributed by atoms with Crippen LogP contribution in [0.25, 0.3) is 11.1 Å². The van der Waals surface area contributed by atoms with Crippen molar-refractivity contribution >= 4 is 11.1 Å². The van der Waals surface area contributed by atoms with Crippen molar-refractivity contribution in [1.82, 2.24) is 9.97 Å². The first-order valence-corrected chi connectivity index (χ1v) is 6.13.